The number of benzene rings is 2. The minimum absolute atomic E-state index is 0.0793. The molecule has 0 saturated carbocycles. The predicted octanol–water partition coefficient (Wildman–Crippen LogP) is 5.75. The molecule has 0 radical (unpaired) electrons. The van der Waals surface area contributed by atoms with Crippen LogP contribution < -0.4 is 15.1 Å². The fraction of sp³-hybridized carbons (Fsp3) is 0.469. The Morgan fingerprint density at radius 1 is 0.933 bits per heavy atom. The summed E-state index contributed by atoms with van der Waals surface area (Å²) in [6.07, 6.45) is -1.96. The Kier molecular flexibility index (Phi) is 9.31. The average molecular weight is 632 g/mol. The van der Waals surface area contributed by atoms with Gasteiger partial charge in [0.2, 0.25) is 5.95 Å². The average Bonchev–Trinajstić information content (AvgIpc) is 3.00. The normalized spacial score (nSPS) is 20.2. The second kappa shape index (κ2) is 12.9. The molecule has 0 bridgehead atoms. The lowest BCUT2D eigenvalue weighted by Gasteiger charge is -2.44. The first kappa shape index (κ1) is 32.6. The van der Waals surface area contributed by atoms with Gasteiger partial charge in [0.1, 0.15) is 11.6 Å². The molecule has 3 aromatic rings. The summed E-state index contributed by atoms with van der Waals surface area (Å²) in [5, 5.41) is 2.57. The topological polar surface area (TPSA) is 67.8 Å². The fourth-order valence-electron chi connectivity index (χ4n) is 5.95. The van der Waals surface area contributed by atoms with Crippen LogP contribution in [-0.2, 0) is 6.18 Å². The Bertz CT molecular complexity index is 1510. The molecule has 1 amide bonds. The summed E-state index contributed by atoms with van der Waals surface area (Å²) in [6.45, 7) is 12.6. The SMILES string of the molecule is CC(C)N1CCN(c2ncc(-c3cc(NC(=O)c4ccc(F)cc4C(F)(F)F)c(N4C[C@@H](C)N(C)[C@@H](C)C4)cc3F)cn2)CC1. The number of carbonyl (C=O) groups is 1. The third-order valence-electron chi connectivity index (χ3n) is 8.84. The molecule has 13 heteroatoms. The lowest BCUT2D eigenvalue weighted by atomic mass is 10.0. The van der Waals surface area contributed by atoms with Crippen LogP contribution in [-0.4, -0.2) is 90.1 Å². The van der Waals surface area contributed by atoms with Crippen LogP contribution >= 0.6 is 0 Å². The van der Waals surface area contributed by atoms with Gasteiger partial charge in [-0.3, -0.25) is 14.6 Å². The smallest absolute Gasteiger partial charge is 0.367 e. The maximum Gasteiger partial charge on any atom is 0.417 e. The monoisotopic (exact) mass is 631 g/mol. The number of nitrogens with one attached hydrogen (secondary N) is 1. The minimum atomic E-state index is -4.96. The number of anilines is 3. The van der Waals surface area contributed by atoms with Crippen LogP contribution in [0.25, 0.3) is 11.1 Å². The van der Waals surface area contributed by atoms with Gasteiger partial charge in [-0.25, -0.2) is 18.7 Å². The van der Waals surface area contributed by atoms with Gasteiger partial charge < -0.3 is 15.1 Å². The zero-order valence-corrected chi connectivity index (χ0v) is 26.0. The van der Waals surface area contributed by atoms with E-state index in [0.29, 0.717) is 36.3 Å². The molecule has 45 heavy (non-hydrogen) atoms. The summed E-state index contributed by atoms with van der Waals surface area (Å²) in [5.74, 6) is -2.29. The van der Waals surface area contributed by atoms with Crippen LogP contribution in [0.3, 0.4) is 0 Å². The molecule has 2 atom stereocenters. The van der Waals surface area contributed by atoms with Gasteiger partial charge >= 0.3 is 6.18 Å². The summed E-state index contributed by atoms with van der Waals surface area (Å²) < 4.78 is 70.8. The van der Waals surface area contributed by atoms with Gasteiger partial charge in [-0.1, -0.05) is 0 Å². The van der Waals surface area contributed by atoms with Crippen LogP contribution in [0.4, 0.5) is 39.3 Å². The molecule has 0 unspecified atom stereocenters. The number of amides is 1. The molecule has 2 saturated heterocycles. The van der Waals surface area contributed by atoms with Crippen molar-refractivity contribution < 1.29 is 26.7 Å². The molecule has 0 spiro atoms. The standard InChI is InChI=1S/C32H38F5N7O/c1-19(2)42-8-10-43(11-9-42)31-38-15-22(16-39-31)25-13-28(29(14-27(25)34)44-17-20(3)41(5)21(4)18-44)40-30(45)24-7-6-23(33)12-26(24)32(35,36)37/h6-7,12-16,19-21H,8-11,17-18H2,1-5H3,(H,40,45)/t20-,21+. The summed E-state index contributed by atoms with van der Waals surface area (Å²) in [4.78, 5) is 30.8. The van der Waals surface area contributed by atoms with E-state index in [1.807, 2.05) is 25.8 Å². The number of alkyl halides is 3. The van der Waals surface area contributed by atoms with Crippen molar-refractivity contribution in [2.45, 2.75) is 52.0 Å². The van der Waals surface area contributed by atoms with Crippen molar-refractivity contribution in [1.82, 2.24) is 19.8 Å². The highest BCUT2D eigenvalue weighted by molar-refractivity contribution is 6.07. The number of halogens is 5. The fourth-order valence-corrected chi connectivity index (χ4v) is 5.95. The quantitative estimate of drug-likeness (QED) is 0.348. The number of hydrogen-bond acceptors (Lipinski definition) is 7. The molecular weight excluding hydrogens is 593 g/mol. The number of hydrogen-bond donors (Lipinski definition) is 1. The highest BCUT2D eigenvalue weighted by Crippen LogP contribution is 2.37. The number of carbonyl (C=O) groups excluding carboxylic acids is 1. The third-order valence-corrected chi connectivity index (χ3v) is 8.84. The van der Waals surface area contributed by atoms with E-state index in [-0.39, 0.29) is 29.4 Å². The van der Waals surface area contributed by atoms with E-state index in [1.165, 1.54) is 24.5 Å². The van der Waals surface area contributed by atoms with Crippen LogP contribution in [0.1, 0.15) is 43.6 Å². The largest absolute Gasteiger partial charge is 0.417 e. The summed E-state index contributed by atoms with van der Waals surface area (Å²) in [5.41, 5.74) is -1.28. The molecule has 2 aliphatic rings. The Morgan fingerprint density at radius 2 is 1.56 bits per heavy atom. The van der Waals surface area contributed by atoms with E-state index in [1.54, 1.807) is 0 Å². The van der Waals surface area contributed by atoms with Crippen molar-refractivity contribution in [3.05, 3.63) is 65.5 Å². The van der Waals surface area contributed by atoms with Crippen LogP contribution in [0.2, 0.25) is 0 Å². The third kappa shape index (κ3) is 7.04. The van der Waals surface area contributed by atoms with Crippen molar-refractivity contribution in [2.75, 3.05) is 61.4 Å². The lowest BCUT2D eigenvalue weighted by molar-refractivity contribution is -0.138. The molecule has 2 fully saturated rings. The Labute approximate surface area is 259 Å². The van der Waals surface area contributed by atoms with E-state index < -0.39 is 34.8 Å². The van der Waals surface area contributed by atoms with Crippen molar-refractivity contribution in [3.63, 3.8) is 0 Å². The van der Waals surface area contributed by atoms with E-state index in [2.05, 4.69) is 43.8 Å². The molecule has 2 aromatic carbocycles. The highest BCUT2D eigenvalue weighted by atomic mass is 19.4. The second-order valence-electron chi connectivity index (χ2n) is 12.1. The molecule has 0 aliphatic carbocycles. The molecule has 242 valence electrons. The first-order valence-electron chi connectivity index (χ1n) is 15.0. The maximum atomic E-state index is 15.8. The van der Waals surface area contributed by atoms with Gasteiger partial charge in [-0.15, -0.1) is 0 Å². The van der Waals surface area contributed by atoms with Gasteiger partial charge in [-0.2, -0.15) is 13.2 Å². The van der Waals surface area contributed by atoms with Gasteiger partial charge in [0.15, 0.2) is 0 Å². The van der Waals surface area contributed by atoms with Crippen molar-refractivity contribution in [2.24, 2.45) is 0 Å². The Balaban J connectivity index is 1.49. The zero-order chi connectivity index (χ0) is 32.6. The van der Waals surface area contributed by atoms with E-state index in [4.69, 9.17) is 0 Å². The van der Waals surface area contributed by atoms with Crippen LogP contribution in [0, 0.1) is 11.6 Å². The first-order chi connectivity index (χ1) is 21.2. The lowest BCUT2D eigenvalue weighted by Crippen LogP contribution is -2.55. The zero-order valence-electron chi connectivity index (χ0n) is 26.0. The van der Waals surface area contributed by atoms with Crippen molar-refractivity contribution >= 4 is 23.2 Å². The minimum Gasteiger partial charge on any atom is -0.367 e. The number of aromatic nitrogens is 2. The predicted molar refractivity (Wildman–Crippen MR) is 165 cm³/mol. The highest BCUT2D eigenvalue weighted by Gasteiger charge is 2.36. The molecule has 3 heterocycles. The summed E-state index contributed by atoms with van der Waals surface area (Å²) >= 11 is 0. The Morgan fingerprint density at radius 3 is 2.13 bits per heavy atom. The van der Waals surface area contributed by atoms with E-state index in [0.717, 1.165) is 38.3 Å². The van der Waals surface area contributed by atoms with Gasteiger partial charge in [-0.05, 0) is 65.1 Å². The van der Waals surface area contributed by atoms with Gasteiger partial charge in [0.05, 0.1) is 22.5 Å². The second-order valence-corrected chi connectivity index (χ2v) is 12.1. The van der Waals surface area contributed by atoms with Crippen LogP contribution in [0.15, 0.2) is 42.7 Å². The number of nitrogens with zero attached hydrogens (tertiary/aromatic N) is 6. The van der Waals surface area contributed by atoms with Gasteiger partial charge in [0, 0.05) is 80.9 Å². The number of likely N-dealkylation sites (N-methyl/N-ethyl adjacent to an activating group) is 1. The summed E-state index contributed by atoms with van der Waals surface area (Å²) in [6, 6.07) is 5.16. The van der Waals surface area contributed by atoms with Crippen LogP contribution in [0.5, 0.6) is 0 Å². The molecule has 1 aromatic heterocycles. The Hall–Kier alpha value is -3.84. The maximum absolute atomic E-state index is 15.8. The molecule has 8 nitrogen and oxygen atoms in total. The van der Waals surface area contributed by atoms with Gasteiger partial charge in [0.25, 0.3) is 5.91 Å². The molecule has 2 aliphatic heterocycles. The molecule has 1 N–H and O–H groups in total. The molecule has 5 rings (SSSR count). The van der Waals surface area contributed by atoms with Crippen molar-refractivity contribution in [1.29, 1.82) is 0 Å². The summed E-state index contributed by atoms with van der Waals surface area (Å²) in [7, 11) is 1.99. The molecular formula is C32H38F5N7O. The number of rotatable bonds is 6. The number of piperazine rings is 2. The van der Waals surface area contributed by atoms with E-state index in [9.17, 15) is 22.4 Å². The van der Waals surface area contributed by atoms with E-state index >= 15 is 4.39 Å². The van der Waals surface area contributed by atoms with Crippen molar-refractivity contribution in [3.8, 4) is 11.1 Å². The first-order valence-corrected chi connectivity index (χ1v) is 15.0.